The number of methoxy groups -OCH3 is 1. The van der Waals surface area contributed by atoms with Crippen LogP contribution in [-0.2, 0) is 9.59 Å². The molecule has 9 nitrogen and oxygen atoms in total. The number of hydrogen-bond donors (Lipinski definition) is 2. The third kappa shape index (κ3) is 9.01. The molecule has 45 heavy (non-hydrogen) atoms. The van der Waals surface area contributed by atoms with Gasteiger partial charge in [0.05, 0.1) is 25.0 Å². The van der Waals surface area contributed by atoms with Crippen LogP contribution in [0.1, 0.15) is 39.0 Å². The van der Waals surface area contributed by atoms with Crippen LogP contribution in [0.2, 0.25) is 0 Å². The summed E-state index contributed by atoms with van der Waals surface area (Å²) in [5.74, 6) is 1.14. The van der Waals surface area contributed by atoms with Gasteiger partial charge in [0, 0.05) is 47.6 Å². The van der Waals surface area contributed by atoms with E-state index in [1.807, 2.05) is 25.1 Å². The number of unbranched alkanes of at least 4 members (excludes halogenated alkanes) is 2. The van der Waals surface area contributed by atoms with Gasteiger partial charge >= 0.3 is 0 Å². The second kappa shape index (κ2) is 15.3. The first-order valence-corrected chi connectivity index (χ1v) is 17.0. The molecule has 0 spiro atoms. The number of rotatable bonds is 16. The maximum Gasteiger partial charge on any atom is 0.230 e. The Balaban J connectivity index is 1.08. The minimum Gasteiger partial charge on any atom is -0.493 e. The second-order valence-corrected chi connectivity index (χ2v) is 13.2. The summed E-state index contributed by atoms with van der Waals surface area (Å²) in [4.78, 5) is 33.0. The predicted octanol–water partition coefficient (Wildman–Crippen LogP) is 7.41. The molecule has 2 aromatic carbocycles. The number of carbonyl (C=O) groups excluding carboxylic acids is 2. The lowest BCUT2D eigenvalue weighted by molar-refractivity contribution is -0.120. The number of ether oxygens (including phenoxy) is 3. The Bertz CT molecular complexity index is 1640. The maximum absolute atomic E-state index is 14.9. The van der Waals surface area contributed by atoms with E-state index >= 15 is 0 Å². The van der Waals surface area contributed by atoms with Gasteiger partial charge in [-0.05, 0) is 79.3 Å². The van der Waals surface area contributed by atoms with Crippen LogP contribution >= 0.6 is 21.6 Å². The quantitative estimate of drug-likeness (QED) is 0.0946. The molecule has 1 aliphatic carbocycles. The Hall–Kier alpha value is -4.03. The summed E-state index contributed by atoms with van der Waals surface area (Å²) in [6.07, 6.45) is 7.51. The Morgan fingerprint density at radius 2 is 1.82 bits per heavy atom. The number of nitrogens with one attached hydrogen (secondary N) is 2. The van der Waals surface area contributed by atoms with Crippen LogP contribution in [-0.4, -0.2) is 47.8 Å². The average Bonchev–Trinajstić information content (AvgIpc) is 3.80. The van der Waals surface area contributed by atoms with E-state index in [4.69, 9.17) is 14.2 Å². The standard InChI is InChI=1S/C33H35FN4O5S2/c1-33(12-13-33)32(40)38-22-9-10-27(24(34)18-22)43-26-11-16-35-25-20-29(28(41-2)19-23(25)26)42-17-7-3-5-14-36-30(39)21-44-45-31-8-4-6-15-37-31/h4,6,8-11,15-16,18-20H,3,5,7,12-14,17,21H2,1-2H3,(H,36,39)(H,38,40). The highest BCUT2D eigenvalue weighted by Gasteiger charge is 2.44. The van der Waals surface area contributed by atoms with Gasteiger partial charge in [-0.1, -0.05) is 23.8 Å². The predicted molar refractivity (Wildman–Crippen MR) is 176 cm³/mol. The highest BCUT2D eigenvalue weighted by Crippen LogP contribution is 2.46. The van der Waals surface area contributed by atoms with Crippen LogP contribution in [0.25, 0.3) is 10.9 Å². The Labute approximate surface area is 269 Å². The topological polar surface area (TPSA) is 112 Å². The van der Waals surface area contributed by atoms with Crippen LogP contribution in [0.15, 0.2) is 72.0 Å². The summed E-state index contributed by atoms with van der Waals surface area (Å²) in [7, 11) is 4.50. The van der Waals surface area contributed by atoms with E-state index < -0.39 is 5.82 Å². The van der Waals surface area contributed by atoms with Crippen molar-refractivity contribution >= 4 is 50.0 Å². The van der Waals surface area contributed by atoms with Gasteiger partial charge in [-0.25, -0.2) is 9.37 Å². The van der Waals surface area contributed by atoms with Gasteiger partial charge in [0.15, 0.2) is 23.1 Å². The molecular formula is C33H35FN4O5S2. The van der Waals surface area contributed by atoms with E-state index in [0.29, 0.717) is 52.7 Å². The van der Waals surface area contributed by atoms with Gasteiger partial charge in [0.2, 0.25) is 11.8 Å². The van der Waals surface area contributed by atoms with Crippen molar-refractivity contribution in [2.24, 2.45) is 5.41 Å². The highest BCUT2D eigenvalue weighted by atomic mass is 33.1. The summed E-state index contributed by atoms with van der Waals surface area (Å²) in [5.41, 5.74) is 0.631. The van der Waals surface area contributed by atoms with Crippen LogP contribution < -0.4 is 24.8 Å². The number of pyridine rings is 2. The van der Waals surface area contributed by atoms with Crippen molar-refractivity contribution in [1.29, 1.82) is 0 Å². The molecule has 0 atom stereocenters. The monoisotopic (exact) mass is 650 g/mol. The average molecular weight is 651 g/mol. The Kier molecular flexibility index (Phi) is 11.0. The summed E-state index contributed by atoms with van der Waals surface area (Å²) in [6, 6.07) is 15.3. The van der Waals surface area contributed by atoms with E-state index in [-0.39, 0.29) is 23.0 Å². The zero-order chi connectivity index (χ0) is 31.6. The second-order valence-electron chi connectivity index (χ2n) is 10.9. The first kappa shape index (κ1) is 32.4. The van der Waals surface area contributed by atoms with Crippen molar-refractivity contribution in [1.82, 2.24) is 15.3 Å². The van der Waals surface area contributed by atoms with Crippen LogP contribution in [0, 0.1) is 11.2 Å². The number of fused-ring (bicyclic) bond motifs is 1. The number of aromatic nitrogens is 2. The molecular weight excluding hydrogens is 616 g/mol. The fourth-order valence-electron chi connectivity index (χ4n) is 4.37. The van der Waals surface area contributed by atoms with E-state index in [1.165, 1.54) is 33.7 Å². The number of carbonyl (C=O) groups is 2. The van der Waals surface area contributed by atoms with E-state index in [1.54, 1.807) is 43.8 Å². The third-order valence-electron chi connectivity index (χ3n) is 7.32. The largest absolute Gasteiger partial charge is 0.493 e. The van der Waals surface area contributed by atoms with Gasteiger partial charge in [-0.15, -0.1) is 0 Å². The number of amides is 2. The molecule has 2 heterocycles. The van der Waals surface area contributed by atoms with Crippen molar-refractivity contribution in [3.05, 3.63) is 72.8 Å². The molecule has 0 bridgehead atoms. The van der Waals surface area contributed by atoms with Crippen molar-refractivity contribution in [3.63, 3.8) is 0 Å². The SMILES string of the molecule is COc1cc2c(Oc3ccc(NC(=O)C4(C)CC4)cc3F)ccnc2cc1OCCCCCNC(=O)CSSc1ccccn1. The van der Waals surface area contributed by atoms with Crippen LogP contribution in [0.3, 0.4) is 0 Å². The van der Waals surface area contributed by atoms with Gasteiger partial charge in [0.1, 0.15) is 10.8 Å². The van der Waals surface area contributed by atoms with Gasteiger partial charge in [0.25, 0.3) is 0 Å². The zero-order valence-corrected chi connectivity index (χ0v) is 26.8. The normalized spacial score (nSPS) is 13.2. The fraction of sp³-hybridized carbons (Fsp3) is 0.333. The van der Waals surface area contributed by atoms with Crippen LogP contribution in [0.5, 0.6) is 23.0 Å². The zero-order valence-electron chi connectivity index (χ0n) is 25.1. The molecule has 1 aliphatic rings. The van der Waals surface area contributed by atoms with Crippen molar-refractivity contribution in [3.8, 4) is 23.0 Å². The molecule has 1 fully saturated rings. The molecule has 0 aliphatic heterocycles. The molecule has 5 rings (SSSR count). The number of hydrogen-bond acceptors (Lipinski definition) is 9. The summed E-state index contributed by atoms with van der Waals surface area (Å²) in [5, 5.41) is 7.24. The lowest BCUT2D eigenvalue weighted by Gasteiger charge is -2.15. The molecule has 1 saturated carbocycles. The first-order chi connectivity index (χ1) is 21.8. The summed E-state index contributed by atoms with van der Waals surface area (Å²) < 4.78 is 32.5. The molecule has 0 radical (unpaired) electrons. The smallest absolute Gasteiger partial charge is 0.230 e. The molecule has 2 amide bonds. The lowest BCUT2D eigenvalue weighted by Crippen LogP contribution is -2.25. The van der Waals surface area contributed by atoms with E-state index in [0.717, 1.165) is 37.1 Å². The van der Waals surface area contributed by atoms with E-state index in [9.17, 15) is 14.0 Å². The molecule has 4 aromatic rings. The van der Waals surface area contributed by atoms with E-state index in [2.05, 4.69) is 20.6 Å². The van der Waals surface area contributed by atoms with Crippen LogP contribution in [0.4, 0.5) is 10.1 Å². The first-order valence-electron chi connectivity index (χ1n) is 14.7. The lowest BCUT2D eigenvalue weighted by atomic mass is 10.1. The van der Waals surface area contributed by atoms with Crippen molar-refractivity contribution in [2.75, 3.05) is 31.3 Å². The molecule has 0 saturated heterocycles. The summed E-state index contributed by atoms with van der Waals surface area (Å²) in [6.45, 7) is 2.97. The maximum atomic E-state index is 14.9. The molecule has 236 valence electrons. The number of benzene rings is 2. The van der Waals surface area contributed by atoms with Crippen molar-refractivity contribution in [2.45, 2.75) is 44.1 Å². The minimum atomic E-state index is -0.594. The molecule has 2 N–H and O–H groups in total. The Morgan fingerprint density at radius 3 is 2.58 bits per heavy atom. The fourth-order valence-corrected chi connectivity index (χ4v) is 6.15. The highest BCUT2D eigenvalue weighted by molar-refractivity contribution is 8.76. The molecule has 0 unspecified atom stereocenters. The molecule has 12 heteroatoms. The molecule has 2 aromatic heterocycles. The summed E-state index contributed by atoms with van der Waals surface area (Å²) >= 11 is 0. The van der Waals surface area contributed by atoms with Gasteiger partial charge in [-0.2, -0.15) is 0 Å². The Morgan fingerprint density at radius 1 is 0.956 bits per heavy atom. The number of nitrogens with zero attached hydrogens (tertiary/aromatic N) is 2. The minimum absolute atomic E-state index is 0.00279. The van der Waals surface area contributed by atoms with Crippen molar-refractivity contribution < 1.29 is 28.2 Å². The number of halogens is 1. The van der Waals surface area contributed by atoms with Gasteiger partial charge in [-0.3, -0.25) is 14.6 Å². The van der Waals surface area contributed by atoms with Gasteiger partial charge < -0.3 is 24.8 Å². The number of anilines is 1. The third-order valence-corrected chi connectivity index (χ3v) is 9.45.